The zero-order valence-corrected chi connectivity index (χ0v) is 15.7. The summed E-state index contributed by atoms with van der Waals surface area (Å²) in [4.78, 5) is 12.4. The van der Waals surface area contributed by atoms with Crippen LogP contribution in [-0.2, 0) is 13.2 Å². The largest absolute Gasteiger partial charge is 0.454 e. The summed E-state index contributed by atoms with van der Waals surface area (Å²) >= 11 is 11.9. The molecule has 0 aliphatic heterocycles. The molecule has 0 unspecified atom stereocenters. The second kappa shape index (κ2) is 7.73. The van der Waals surface area contributed by atoms with E-state index in [0.29, 0.717) is 5.02 Å². The van der Waals surface area contributed by atoms with Crippen LogP contribution in [0.15, 0.2) is 48.7 Å². The van der Waals surface area contributed by atoms with Crippen LogP contribution >= 0.6 is 23.2 Å². The Kier molecular flexibility index (Phi) is 5.53. The molecule has 28 heavy (non-hydrogen) atoms. The average molecular weight is 430 g/mol. The summed E-state index contributed by atoms with van der Waals surface area (Å²) in [6, 6.07) is 10.8. The molecular formula is C18H12Cl2F3N3O2. The summed E-state index contributed by atoms with van der Waals surface area (Å²) in [6.07, 6.45) is -3.77. The van der Waals surface area contributed by atoms with Crippen LogP contribution in [0.4, 0.5) is 18.9 Å². The molecule has 1 amide bonds. The molecule has 146 valence electrons. The Morgan fingerprint density at radius 3 is 2.54 bits per heavy atom. The second-order valence-corrected chi connectivity index (χ2v) is 6.53. The number of aromatic nitrogens is 2. The summed E-state index contributed by atoms with van der Waals surface area (Å²) in [6.45, 7) is 0. The smallest absolute Gasteiger partial charge is 0.435 e. The lowest BCUT2D eigenvalue weighted by molar-refractivity contribution is -0.141. The number of nitrogens with zero attached hydrogens (tertiary/aromatic N) is 2. The molecule has 1 heterocycles. The summed E-state index contributed by atoms with van der Waals surface area (Å²) in [7, 11) is 1.30. The van der Waals surface area contributed by atoms with Crippen molar-refractivity contribution >= 4 is 34.8 Å². The maximum Gasteiger partial charge on any atom is 0.435 e. The molecule has 5 nitrogen and oxygen atoms in total. The monoisotopic (exact) mass is 429 g/mol. The minimum Gasteiger partial charge on any atom is -0.454 e. The van der Waals surface area contributed by atoms with Gasteiger partial charge in [-0.05, 0) is 30.3 Å². The maximum absolute atomic E-state index is 13.1. The third-order valence-corrected chi connectivity index (χ3v) is 4.12. The van der Waals surface area contributed by atoms with E-state index < -0.39 is 23.3 Å². The molecule has 3 rings (SSSR count). The van der Waals surface area contributed by atoms with Gasteiger partial charge in [0.2, 0.25) is 0 Å². The fourth-order valence-electron chi connectivity index (χ4n) is 2.39. The lowest BCUT2D eigenvalue weighted by atomic mass is 10.2. The van der Waals surface area contributed by atoms with Gasteiger partial charge >= 0.3 is 6.18 Å². The van der Waals surface area contributed by atoms with Gasteiger partial charge in [0.25, 0.3) is 5.91 Å². The molecule has 0 fully saturated rings. The first-order chi connectivity index (χ1) is 13.1. The molecule has 0 bridgehead atoms. The highest BCUT2D eigenvalue weighted by Crippen LogP contribution is 2.36. The number of hydrogen-bond acceptors (Lipinski definition) is 3. The lowest BCUT2D eigenvalue weighted by Gasteiger charge is -2.13. The van der Waals surface area contributed by atoms with Crippen LogP contribution in [0.1, 0.15) is 16.1 Å². The molecule has 3 aromatic rings. The zero-order valence-electron chi connectivity index (χ0n) is 14.2. The van der Waals surface area contributed by atoms with Gasteiger partial charge in [-0.1, -0.05) is 35.3 Å². The van der Waals surface area contributed by atoms with Crippen LogP contribution in [0, 0.1) is 0 Å². The normalized spacial score (nSPS) is 11.4. The number of ether oxygens (including phenoxy) is 1. The van der Waals surface area contributed by atoms with E-state index >= 15 is 0 Å². The van der Waals surface area contributed by atoms with Crippen LogP contribution in [0.5, 0.6) is 11.5 Å². The number of alkyl halides is 3. The van der Waals surface area contributed by atoms with E-state index in [4.69, 9.17) is 27.9 Å². The van der Waals surface area contributed by atoms with Gasteiger partial charge in [-0.3, -0.25) is 9.48 Å². The molecule has 1 N–H and O–H groups in total. The van der Waals surface area contributed by atoms with Crippen molar-refractivity contribution in [1.82, 2.24) is 9.78 Å². The van der Waals surface area contributed by atoms with Gasteiger partial charge in [-0.25, -0.2) is 0 Å². The van der Waals surface area contributed by atoms with Crippen LogP contribution < -0.4 is 10.1 Å². The Balaban J connectivity index is 1.89. The molecule has 0 saturated heterocycles. The molecule has 0 atom stereocenters. The first kappa shape index (κ1) is 20.0. The molecule has 10 heteroatoms. The van der Waals surface area contributed by atoms with Crippen molar-refractivity contribution in [3.63, 3.8) is 0 Å². The summed E-state index contributed by atoms with van der Waals surface area (Å²) in [5.41, 5.74) is -1.71. The number of hydrogen-bond donors (Lipinski definition) is 1. The van der Waals surface area contributed by atoms with Gasteiger partial charge in [-0.15, -0.1) is 0 Å². The quantitative estimate of drug-likeness (QED) is 0.570. The average Bonchev–Trinajstić information content (AvgIpc) is 3.01. The molecule has 0 aliphatic carbocycles. The van der Waals surface area contributed by atoms with Crippen LogP contribution in [-0.4, -0.2) is 15.7 Å². The van der Waals surface area contributed by atoms with Gasteiger partial charge < -0.3 is 10.1 Å². The van der Waals surface area contributed by atoms with Gasteiger partial charge in [0.15, 0.2) is 11.4 Å². The highest BCUT2D eigenvalue weighted by atomic mass is 35.5. The van der Waals surface area contributed by atoms with Crippen molar-refractivity contribution in [2.24, 2.45) is 7.05 Å². The Bertz CT molecular complexity index is 1040. The number of halogens is 5. The van der Waals surface area contributed by atoms with E-state index in [9.17, 15) is 18.0 Å². The molecule has 0 spiro atoms. The lowest BCUT2D eigenvalue weighted by Crippen LogP contribution is -2.18. The van der Waals surface area contributed by atoms with Crippen LogP contribution in [0.2, 0.25) is 10.0 Å². The number of rotatable bonds is 4. The first-order valence-corrected chi connectivity index (χ1v) is 8.55. The van der Waals surface area contributed by atoms with E-state index in [1.54, 1.807) is 18.2 Å². The van der Waals surface area contributed by atoms with Crippen molar-refractivity contribution < 1.29 is 22.7 Å². The first-order valence-electron chi connectivity index (χ1n) is 7.79. The Morgan fingerprint density at radius 1 is 1.14 bits per heavy atom. The highest BCUT2D eigenvalue weighted by Gasteiger charge is 2.39. The van der Waals surface area contributed by atoms with Crippen molar-refractivity contribution in [3.8, 4) is 11.5 Å². The second-order valence-electron chi connectivity index (χ2n) is 5.69. The SMILES string of the molecule is Cn1cc(C(=O)Nc2ccccc2Oc2ccc(Cl)cc2Cl)c(C(F)(F)F)n1. The summed E-state index contributed by atoms with van der Waals surface area (Å²) in [5.74, 6) is -0.513. The van der Waals surface area contributed by atoms with Gasteiger partial charge in [0.05, 0.1) is 16.3 Å². The Morgan fingerprint density at radius 2 is 1.86 bits per heavy atom. The number of amides is 1. The minimum absolute atomic E-state index is 0.162. The molecule has 0 radical (unpaired) electrons. The highest BCUT2D eigenvalue weighted by molar-refractivity contribution is 6.35. The third kappa shape index (κ3) is 4.40. The Hall–Kier alpha value is -2.71. The van der Waals surface area contributed by atoms with Crippen LogP contribution in [0.3, 0.4) is 0 Å². The molecule has 1 aromatic heterocycles. The summed E-state index contributed by atoms with van der Waals surface area (Å²) in [5, 5.41) is 6.39. The number of carbonyl (C=O) groups is 1. The maximum atomic E-state index is 13.1. The number of anilines is 1. The fraction of sp³-hybridized carbons (Fsp3) is 0.111. The number of benzene rings is 2. The predicted molar refractivity (Wildman–Crippen MR) is 99.1 cm³/mol. The number of nitrogens with one attached hydrogen (secondary N) is 1. The van der Waals surface area contributed by atoms with E-state index in [-0.39, 0.29) is 22.2 Å². The zero-order chi connectivity index (χ0) is 20.5. The van der Waals surface area contributed by atoms with Crippen LogP contribution in [0.25, 0.3) is 0 Å². The summed E-state index contributed by atoms with van der Waals surface area (Å²) < 4.78 is 45.9. The number of para-hydroxylation sites is 2. The standard InChI is InChI=1S/C18H12Cl2F3N3O2/c1-26-9-11(16(25-26)18(21,22)23)17(27)24-13-4-2-3-5-15(13)28-14-7-6-10(19)8-12(14)20/h2-9H,1H3,(H,24,27). The van der Waals surface area contributed by atoms with Gasteiger partial charge in [0.1, 0.15) is 5.75 Å². The van der Waals surface area contributed by atoms with E-state index in [2.05, 4.69) is 10.4 Å². The fourth-order valence-corrected chi connectivity index (χ4v) is 2.84. The van der Waals surface area contributed by atoms with Crippen molar-refractivity contribution in [2.75, 3.05) is 5.32 Å². The van der Waals surface area contributed by atoms with Crippen molar-refractivity contribution in [1.29, 1.82) is 0 Å². The van der Waals surface area contributed by atoms with Crippen molar-refractivity contribution in [3.05, 3.63) is 70.0 Å². The van der Waals surface area contributed by atoms with E-state index in [1.807, 2.05) is 0 Å². The van der Waals surface area contributed by atoms with Crippen molar-refractivity contribution in [2.45, 2.75) is 6.18 Å². The molecule has 2 aromatic carbocycles. The number of aryl methyl sites for hydroxylation is 1. The number of carbonyl (C=O) groups excluding carboxylic acids is 1. The van der Waals surface area contributed by atoms with E-state index in [1.165, 1.54) is 31.3 Å². The van der Waals surface area contributed by atoms with Gasteiger partial charge in [-0.2, -0.15) is 18.3 Å². The third-order valence-electron chi connectivity index (χ3n) is 3.59. The topological polar surface area (TPSA) is 56.2 Å². The Labute approximate surface area is 167 Å². The molecular weight excluding hydrogens is 418 g/mol. The molecule has 0 aliphatic rings. The van der Waals surface area contributed by atoms with Gasteiger partial charge in [0, 0.05) is 18.3 Å². The van der Waals surface area contributed by atoms with E-state index in [0.717, 1.165) is 10.9 Å². The predicted octanol–water partition coefficient (Wildman–Crippen LogP) is 5.79. The molecule has 0 saturated carbocycles. The minimum atomic E-state index is -4.76.